The van der Waals surface area contributed by atoms with Gasteiger partial charge in [-0.1, -0.05) is 22.9 Å². The number of methoxy groups -OCH3 is 1. The maximum absolute atomic E-state index is 11.2. The van der Waals surface area contributed by atoms with Crippen molar-refractivity contribution in [2.75, 3.05) is 12.4 Å². The zero-order valence-corrected chi connectivity index (χ0v) is 13.3. The fourth-order valence-corrected chi connectivity index (χ4v) is 2.23. The summed E-state index contributed by atoms with van der Waals surface area (Å²) in [4.78, 5) is 15.6. The molecule has 0 radical (unpaired) electrons. The molecule has 1 aromatic heterocycles. The fourth-order valence-electron chi connectivity index (χ4n) is 1.87. The van der Waals surface area contributed by atoms with Gasteiger partial charge >= 0.3 is 5.97 Å². The van der Waals surface area contributed by atoms with Gasteiger partial charge in [-0.2, -0.15) is 0 Å². The minimum absolute atomic E-state index is 0.207. The number of aromatic carboxylic acids is 1. The second-order valence-electron chi connectivity index (χ2n) is 4.36. The van der Waals surface area contributed by atoms with Crippen molar-refractivity contribution < 1.29 is 14.6 Å². The maximum Gasteiger partial charge on any atom is 0.335 e. The van der Waals surface area contributed by atoms with E-state index in [2.05, 4.69) is 26.2 Å². The van der Waals surface area contributed by atoms with Crippen molar-refractivity contribution in [1.29, 1.82) is 0 Å². The number of hydrogen-bond acceptors (Lipinski definition) is 4. The van der Waals surface area contributed by atoms with Crippen LogP contribution in [0.1, 0.15) is 23.0 Å². The van der Waals surface area contributed by atoms with Crippen molar-refractivity contribution >= 4 is 33.4 Å². The van der Waals surface area contributed by atoms with Gasteiger partial charge in [0, 0.05) is 10.2 Å². The van der Waals surface area contributed by atoms with Crippen LogP contribution in [0.2, 0.25) is 0 Å². The highest BCUT2D eigenvalue weighted by atomic mass is 79.9. The molecule has 2 aromatic rings. The summed E-state index contributed by atoms with van der Waals surface area (Å²) in [6, 6.07) is 8.60. The number of aryl methyl sites for hydroxylation is 1. The summed E-state index contributed by atoms with van der Waals surface area (Å²) in [7, 11) is 1.58. The molecule has 2 rings (SSSR count). The smallest absolute Gasteiger partial charge is 0.335 e. The highest BCUT2D eigenvalue weighted by Gasteiger charge is 2.10. The Hall–Kier alpha value is -2.08. The minimum atomic E-state index is -0.976. The monoisotopic (exact) mass is 350 g/mol. The average molecular weight is 351 g/mol. The first-order chi connectivity index (χ1) is 10.0. The Labute approximate surface area is 131 Å². The lowest BCUT2D eigenvalue weighted by molar-refractivity contribution is 0.0696. The Morgan fingerprint density at radius 1 is 1.38 bits per heavy atom. The lowest BCUT2D eigenvalue weighted by Crippen LogP contribution is -2.04. The zero-order chi connectivity index (χ0) is 15.4. The van der Waals surface area contributed by atoms with Crippen molar-refractivity contribution in [3.63, 3.8) is 0 Å². The van der Waals surface area contributed by atoms with Gasteiger partial charge in [-0.15, -0.1) is 0 Å². The van der Waals surface area contributed by atoms with Gasteiger partial charge in [0.1, 0.15) is 11.6 Å². The maximum atomic E-state index is 11.2. The second kappa shape index (κ2) is 6.58. The van der Waals surface area contributed by atoms with E-state index in [9.17, 15) is 4.79 Å². The number of ether oxygens (including phenoxy) is 1. The van der Waals surface area contributed by atoms with Gasteiger partial charge in [0.2, 0.25) is 0 Å². The molecule has 0 unspecified atom stereocenters. The predicted octanol–water partition coefficient (Wildman–Crippen LogP) is 3.86. The number of rotatable bonds is 5. The number of benzene rings is 1. The lowest BCUT2D eigenvalue weighted by atomic mass is 10.2. The molecular weight excluding hydrogens is 336 g/mol. The van der Waals surface area contributed by atoms with Crippen molar-refractivity contribution in [2.24, 2.45) is 0 Å². The van der Waals surface area contributed by atoms with E-state index in [0.29, 0.717) is 29.4 Å². The third-order valence-electron chi connectivity index (χ3n) is 2.91. The molecule has 0 bridgehead atoms. The van der Waals surface area contributed by atoms with E-state index in [1.165, 1.54) is 6.07 Å². The highest BCUT2D eigenvalue weighted by Crippen LogP contribution is 2.30. The van der Waals surface area contributed by atoms with Crippen LogP contribution in [0, 0.1) is 0 Å². The molecule has 0 spiro atoms. The second-order valence-corrected chi connectivity index (χ2v) is 5.28. The van der Waals surface area contributed by atoms with E-state index in [4.69, 9.17) is 9.84 Å². The summed E-state index contributed by atoms with van der Waals surface area (Å²) in [5, 5.41) is 12.3. The number of nitrogens with zero attached hydrogens (tertiary/aromatic N) is 1. The van der Waals surface area contributed by atoms with E-state index >= 15 is 0 Å². The molecular formula is C15H15BrN2O3. The number of nitrogens with one attached hydrogen (secondary N) is 1. The average Bonchev–Trinajstić information content (AvgIpc) is 2.47. The van der Waals surface area contributed by atoms with Crippen LogP contribution in [-0.4, -0.2) is 23.2 Å². The number of hydrogen-bond donors (Lipinski definition) is 2. The number of halogens is 1. The molecule has 110 valence electrons. The standard InChI is InChI=1S/C15H15BrN2O3/c1-3-11-6-9(15(19)20)7-14(17-11)18-12-8-10(16)4-5-13(12)21-2/h4-8H,3H2,1-2H3,(H,17,18)(H,19,20). The van der Waals surface area contributed by atoms with Crippen LogP contribution in [0.15, 0.2) is 34.8 Å². The topological polar surface area (TPSA) is 71.5 Å². The summed E-state index contributed by atoms with van der Waals surface area (Å²) >= 11 is 3.39. The number of pyridine rings is 1. The van der Waals surface area contributed by atoms with Crippen molar-refractivity contribution in [3.8, 4) is 5.75 Å². The van der Waals surface area contributed by atoms with Crippen molar-refractivity contribution in [2.45, 2.75) is 13.3 Å². The summed E-state index contributed by atoms with van der Waals surface area (Å²) in [5.74, 6) is 0.151. The van der Waals surface area contributed by atoms with Crippen LogP contribution in [0.5, 0.6) is 5.75 Å². The van der Waals surface area contributed by atoms with Crippen LogP contribution in [0.4, 0.5) is 11.5 Å². The number of anilines is 2. The first kappa shape index (κ1) is 15.3. The minimum Gasteiger partial charge on any atom is -0.495 e. The first-order valence-corrected chi connectivity index (χ1v) is 7.17. The SMILES string of the molecule is CCc1cc(C(=O)O)cc(Nc2cc(Br)ccc2OC)n1. The summed E-state index contributed by atoms with van der Waals surface area (Å²) in [6.07, 6.45) is 0.658. The summed E-state index contributed by atoms with van der Waals surface area (Å²) in [6.45, 7) is 1.93. The van der Waals surface area contributed by atoms with Gasteiger partial charge in [0.05, 0.1) is 18.4 Å². The fraction of sp³-hybridized carbons (Fsp3) is 0.200. The highest BCUT2D eigenvalue weighted by molar-refractivity contribution is 9.10. The summed E-state index contributed by atoms with van der Waals surface area (Å²) in [5.41, 5.74) is 1.63. The molecule has 21 heavy (non-hydrogen) atoms. The van der Waals surface area contributed by atoms with Gasteiger partial charge in [-0.3, -0.25) is 0 Å². The Morgan fingerprint density at radius 2 is 2.14 bits per heavy atom. The normalized spacial score (nSPS) is 10.2. The first-order valence-electron chi connectivity index (χ1n) is 6.38. The van der Waals surface area contributed by atoms with E-state index in [1.807, 2.05) is 25.1 Å². The Balaban J connectivity index is 2.41. The lowest BCUT2D eigenvalue weighted by Gasteiger charge is -2.12. The van der Waals surface area contributed by atoms with Crippen molar-refractivity contribution in [3.05, 3.63) is 46.1 Å². The Kier molecular flexibility index (Phi) is 4.80. The number of carboxylic acids is 1. The molecule has 5 nitrogen and oxygen atoms in total. The third-order valence-corrected chi connectivity index (χ3v) is 3.41. The van der Waals surface area contributed by atoms with Crippen LogP contribution >= 0.6 is 15.9 Å². The van der Waals surface area contributed by atoms with E-state index in [1.54, 1.807) is 13.2 Å². The predicted molar refractivity (Wildman–Crippen MR) is 84.6 cm³/mol. The Bertz CT molecular complexity index is 674. The molecule has 6 heteroatoms. The molecule has 0 saturated heterocycles. The molecule has 0 aliphatic carbocycles. The largest absolute Gasteiger partial charge is 0.495 e. The molecule has 1 aromatic carbocycles. The third kappa shape index (κ3) is 3.72. The zero-order valence-electron chi connectivity index (χ0n) is 11.7. The number of carbonyl (C=O) groups is 1. The van der Waals surface area contributed by atoms with Gasteiger partial charge in [-0.25, -0.2) is 9.78 Å². The van der Waals surface area contributed by atoms with Gasteiger partial charge in [-0.05, 0) is 36.8 Å². The summed E-state index contributed by atoms with van der Waals surface area (Å²) < 4.78 is 6.16. The molecule has 0 fully saturated rings. The molecule has 2 N–H and O–H groups in total. The molecule has 0 saturated carbocycles. The van der Waals surface area contributed by atoms with E-state index < -0.39 is 5.97 Å². The van der Waals surface area contributed by atoms with Crippen molar-refractivity contribution in [1.82, 2.24) is 4.98 Å². The van der Waals surface area contributed by atoms with E-state index in [0.717, 1.165) is 4.47 Å². The molecule has 0 amide bonds. The number of aromatic nitrogens is 1. The van der Waals surface area contributed by atoms with Crippen LogP contribution in [-0.2, 0) is 6.42 Å². The molecule has 1 heterocycles. The van der Waals surface area contributed by atoms with Crippen LogP contribution in [0.25, 0.3) is 0 Å². The van der Waals surface area contributed by atoms with Gasteiger partial charge < -0.3 is 15.2 Å². The number of carboxylic acid groups (broad SMARTS) is 1. The quantitative estimate of drug-likeness (QED) is 0.856. The Morgan fingerprint density at radius 3 is 2.76 bits per heavy atom. The molecule has 0 aliphatic rings. The van der Waals surface area contributed by atoms with Crippen LogP contribution in [0.3, 0.4) is 0 Å². The molecule has 0 aliphatic heterocycles. The van der Waals surface area contributed by atoms with Gasteiger partial charge in [0.15, 0.2) is 0 Å². The van der Waals surface area contributed by atoms with Crippen LogP contribution < -0.4 is 10.1 Å². The van der Waals surface area contributed by atoms with E-state index in [-0.39, 0.29) is 5.56 Å². The van der Waals surface area contributed by atoms with Gasteiger partial charge in [0.25, 0.3) is 0 Å². The molecule has 0 atom stereocenters.